The van der Waals surface area contributed by atoms with Gasteiger partial charge in [-0.3, -0.25) is 9.79 Å². The average Bonchev–Trinajstić information content (AvgIpc) is 3.30. The maximum Gasteiger partial charge on any atom is 0.222 e. The molecule has 0 bridgehead atoms. The van der Waals surface area contributed by atoms with Gasteiger partial charge in [-0.15, -0.1) is 24.0 Å². The van der Waals surface area contributed by atoms with Gasteiger partial charge >= 0.3 is 0 Å². The lowest BCUT2D eigenvalue weighted by atomic mass is 9.69. The molecule has 2 N–H and O–H groups in total. The van der Waals surface area contributed by atoms with Crippen LogP contribution in [0.3, 0.4) is 0 Å². The van der Waals surface area contributed by atoms with E-state index < -0.39 is 0 Å². The minimum atomic E-state index is 0. The van der Waals surface area contributed by atoms with Crippen molar-refractivity contribution in [2.45, 2.75) is 70.3 Å². The lowest BCUT2D eigenvalue weighted by molar-refractivity contribution is -0.129. The zero-order valence-electron chi connectivity index (χ0n) is 20.6. The van der Waals surface area contributed by atoms with Gasteiger partial charge < -0.3 is 25.0 Å². The summed E-state index contributed by atoms with van der Waals surface area (Å²) in [6, 6.07) is 6.56. The van der Waals surface area contributed by atoms with E-state index in [1.54, 1.807) is 14.2 Å². The van der Waals surface area contributed by atoms with Gasteiger partial charge in [0.25, 0.3) is 0 Å². The van der Waals surface area contributed by atoms with Crippen LogP contribution in [-0.2, 0) is 10.2 Å². The molecule has 1 saturated heterocycles. The van der Waals surface area contributed by atoms with Gasteiger partial charge in [-0.25, -0.2) is 0 Å². The second-order valence-electron chi connectivity index (χ2n) is 8.93. The molecule has 2 aliphatic rings. The largest absolute Gasteiger partial charge is 0.493 e. The Labute approximate surface area is 216 Å². The summed E-state index contributed by atoms with van der Waals surface area (Å²) in [4.78, 5) is 19.0. The highest BCUT2D eigenvalue weighted by Crippen LogP contribution is 2.42. The molecule has 3 rings (SSSR count). The zero-order valence-corrected chi connectivity index (χ0v) is 22.9. The molecule has 2 fully saturated rings. The molecular formula is C25H41IN4O3. The van der Waals surface area contributed by atoms with E-state index in [1.165, 1.54) is 24.8 Å². The van der Waals surface area contributed by atoms with Crippen molar-refractivity contribution in [1.82, 2.24) is 15.5 Å². The van der Waals surface area contributed by atoms with Crippen LogP contribution in [0.25, 0.3) is 0 Å². The SMILES string of the molecule is CCNC(=NCC1(c2ccc(OC)c(OC)c2)CCCCC1)NC1CCN(C(=O)CC)C1.I. The number of aliphatic imine (C=N–C) groups is 1. The summed E-state index contributed by atoms with van der Waals surface area (Å²) in [5, 5.41) is 6.98. The number of methoxy groups -OCH3 is 2. The number of carbonyl (C=O) groups excluding carboxylic acids is 1. The summed E-state index contributed by atoms with van der Waals surface area (Å²) in [6.45, 7) is 7.11. The topological polar surface area (TPSA) is 75.2 Å². The summed E-state index contributed by atoms with van der Waals surface area (Å²) >= 11 is 0. The van der Waals surface area contributed by atoms with Crippen molar-refractivity contribution in [3.05, 3.63) is 23.8 Å². The van der Waals surface area contributed by atoms with E-state index in [4.69, 9.17) is 14.5 Å². The van der Waals surface area contributed by atoms with Crippen LogP contribution in [0.1, 0.15) is 64.4 Å². The lowest BCUT2D eigenvalue weighted by Crippen LogP contribution is -2.46. The van der Waals surface area contributed by atoms with Crippen LogP contribution in [0.4, 0.5) is 0 Å². The van der Waals surface area contributed by atoms with Crippen molar-refractivity contribution < 1.29 is 14.3 Å². The van der Waals surface area contributed by atoms with Crippen molar-refractivity contribution in [2.75, 3.05) is 40.4 Å². The third kappa shape index (κ3) is 6.90. The molecule has 0 aromatic heterocycles. The number of rotatable bonds is 8. The molecule has 0 spiro atoms. The molecule has 33 heavy (non-hydrogen) atoms. The molecule has 1 aliphatic heterocycles. The van der Waals surface area contributed by atoms with E-state index in [0.29, 0.717) is 6.42 Å². The number of halogens is 1. The number of likely N-dealkylation sites (tertiary alicyclic amines) is 1. The van der Waals surface area contributed by atoms with E-state index >= 15 is 0 Å². The first kappa shape index (κ1) is 27.5. The quantitative estimate of drug-likeness (QED) is 0.279. The Kier molecular flexibility index (Phi) is 11.1. The van der Waals surface area contributed by atoms with Crippen LogP contribution in [0.2, 0.25) is 0 Å². The summed E-state index contributed by atoms with van der Waals surface area (Å²) in [6.07, 6.45) is 7.46. The maximum atomic E-state index is 12.0. The molecule has 0 radical (unpaired) electrons. The number of guanidine groups is 1. The predicted molar refractivity (Wildman–Crippen MR) is 144 cm³/mol. The first-order chi connectivity index (χ1) is 15.5. The second-order valence-corrected chi connectivity index (χ2v) is 8.93. The minimum absolute atomic E-state index is 0. The Morgan fingerprint density at radius 1 is 1.15 bits per heavy atom. The van der Waals surface area contributed by atoms with Gasteiger partial charge in [-0.2, -0.15) is 0 Å². The van der Waals surface area contributed by atoms with Crippen molar-refractivity contribution in [3.63, 3.8) is 0 Å². The summed E-state index contributed by atoms with van der Waals surface area (Å²) in [5.74, 6) is 2.60. The number of amides is 1. The Balaban J connectivity index is 0.00000385. The van der Waals surface area contributed by atoms with Gasteiger partial charge in [0.2, 0.25) is 5.91 Å². The Hall–Kier alpha value is -1.71. The maximum absolute atomic E-state index is 12.0. The van der Waals surface area contributed by atoms with E-state index in [2.05, 4.69) is 29.7 Å². The molecule has 7 nitrogen and oxygen atoms in total. The van der Waals surface area contributed by atoms with Gasteiger partial charge in [-0.05, 0) is 43.9 Å². The first-order valence-electron chi connectivity index (χ1n) is 12.1. The standard InChI is InChI=1S/C25H40N4O3.HI/c1-5-23(30)29-15-12-20(17-29)28-24(26-6-2)27-18-25(13-8-7-9-14-25)19-10-11-21(31-3)22(16-19)32-4;/h10-11,16,20H,5-9,12-15,17-18H2,1-4H3,(H2,26,27,28);1H. The van der Waals surface area contributed by atoms with Crippen molar-refractivity contribution >= 4 is 35.8 Å². The Morgan fingerprint density at radius 2 is 1.88 bits per heavy atom. The highest BCUT2D eigenvalue weighted by Gasteiger charge is 2.35. The molecule has 1 unspecified atom stereocenters. The summed E-state index contributed by atoms with van der Waals surface area (Å²) < 4.78 is 11.0. The van der Waals surface area contributed by atoms with Crippen LogP contribution < -0.4 is 20.1 Å². The molecular weight excluding hydrogens is 531 g/mol. The van der Waals surface area contributed by atoms with Gasteiger partial charge in [-0.1, -0.05) is 32.3 Å². The second kappa shape index (κ2) is 13.2. The minimum Gasteiger partial charge on any atom is -0.493 e. The molecule has 1 aromatic rings. The third-order valence-electron chi connectivity index (χ3n) is 6.87. The number of carbonyl (C=O) groups is 1. The number of nitrogens with zero attached hydrogens (tertiary/aromatic N) is 2. The van der Waals surface area contributed by atoms with Gasteiger partial charge in [0.15, 0.2) is 17.5 Å². The van der Waals surface area contributed by atoms with E-state index in [0.717, 1.165) is 62.9 Å². The number of hydrogen-bond donors (Lipinski definition) is 2. The fraction of sp³-hybridized carbons (Fsp3) is 0.680. The van der Waals surface area contributed by atoms with Crippen LogP contribution in [0.5, 0.6) is 11.5 Å². The van der Waals surface area contributed by atoms with Crippen LogP contribution in [0, 0.1) is 0 Å². The van der Waals surface area contributed by atoms with E-state index in [9.17, 15) is 4.79 Å². The Morgan fingerprint density at radius 3 is 2.52 bits per heavy atom. The third-order valence-corrected chi connectivity index (χ3v) is 6.87. The fourth-order valence-corrected chi connectivity index (χ4v) is 5.00. The highest BCUT2D eigenvalue weighted by atomic mass is 127. The molecule has 1 amide bonds. The molecule has 1 saturated carbocycles. The van der Waals surface area contributed by atoms with E-state index in [1.807, 2.05) is 17.9 Å². The molecule has 1 atom stereocenters. The molecule has 1 aliphatic carbocycles. The predicted octanol–water partition coefficient (Wildman–Crippen LogP) is 4.09. The molecule has 1 heterocycles. The molecule has 8 heteroatoms. The molecule has 1 aromatic carbocycles. The Bertz CT molecular complexity index is 796. The monoisotopic (exact) mass is 572 g/mol. The zero-order chi connectivity index (χ0) is 23.0. The van der Waals surface area contributed by atoms with Gasteiger partial charge in [0, 0.05) is 37.5 Å². The van der Waals surface area contributed by atoms with Gasteiger partial charge in [0.05, 0.1) is 20.8 Å². The smallest absolute Gasteiger partial charge is 0.222 e. The normalized spacial score (nSPS) is 20.1. The summed E-state index contributed by atoms with van der Waals surface area (Å²) in [7, 11) is 3.36. The molecule has 186 valence electrons. The average molecular weight is 573 g/mol. The first-order valence-corrected chi connectivity index (χ1v) is 12.1. The van der Waals surface area contributed by atoms with Gasteiger partial charge in [0.1, 0.15) is 0 Å². The summed E-state index contributed by atoms with van der Waals surface area (Å²) in [5.41, 5.74) is 1.27. The van der Waals surface area contributed by atoms with Crippen LogP contribution >= 0.6 is 24.0 Å². The van der Waals surface area contributed by atoms with Crippen molar-refractivity contribution in [3.8, 4) is 11.5 Å². The van der Waals surface area contributed by atoms with Crippen molar-refractivity contribution in [1.29, 1.82) is 0 Å². The number of hydrogen-bond acceptors (Lipinski definition) is 4. The van der Waals surface area contributed by atoms with Crippen molar-refractivity contribution in [2.24, 2.45) is 4.99 Å². The van der Waals surface area contributed by atoms with E-state index in [-0.39, 0.29) is 41.3 Å². The number of ether oxygens (including phenoxy) is 2. The lowest BCUT2D eigenvalue weighted by Gasteiger charge is -2.37. The number of benzene rings is 1. The highest BCUT2D eigenvalue weighted by molar-refractivity contribution is 14.0. The number of nitrogens with one attached hydrogen (secondary N) is 2. The fourth-order valence-electron chi connectivity index (χ4n) is 5.00. The van der Waals surface area contributed by atoms with Crippen LogP contribution in [-0.4, -0.2) is 63.2 Å². The van der Waals surface area contributed by atoms with Crippen LogP contribution in [0.15, 0.2) is 23.2 Å².